The van der Waals surface area contributed by atoms with Gasteiger partial charge in [-0.1, -0.05) is 12.1 Å². The van der Waals surface area contributed by atoms with Crippen LogP contribution in [0.15, 0.2) is 24.3 Å². The lowest BCUT2D eigenvalue weighted by atomic mass is 10.3. The second kappa shape index (κ2) is 3.19. The molecule has 2 saturated carbocycles. The smallest absolute Gasteiger partial charge is 0.161 e. The molecule has 74 valence electrons. The Morgan fingerprint density at radius 2 is 1.21 bits per heavy atom. The van der Waals surface area contributed by atoms with Gasteiger partial charge in [-0.05, 0) is 37.8 Å². The van der Waals surface area contributed by atoms with Gasteiger partial charge in [-0.3, -0.25) is 0 Å². The SMILES string of the molecule is c1ccc(OC2CC2)c(OC2CC2)c1. The zero-order chi connectivity index (χ0) is 9.38. The summed E-state index contributed by atoms with van der Waals surface area (Å²) in [6.07, 6.45) is 5.66. The minimum absolute atomic E-state index is 0.443. The molecule has 0 saturated heterocycles. The fourth-order valence-corrected chi connectivity index (χ4v) is 1.38. The highest BCUT2D eigenvalue weighted by atomic mass is 16.5. The molecule has 0 radical (unpaired) electrons. The quantitative estimate of drug-likeness (QED) is 0.726. The van der Waals surface area contributed by atoms with Crippen LogP contribution in [0.25, 0.3) is 0 Å². The van der Waals surface area contributed by atoms with Gasteiger partial charge in [0.25, 0.3) is 0 Å². The standard InChI is InChI=1S/C12H14O2/c1-2-4-12(14-10-7-8-10)11(3-1)13-9-5-6-9/h1-4,9-10H,5-8H2. The lowest BCUT2D eigenvalue weighted by molar-refractivity contribution is 0.253. The monoisotopic (exact) mass is 190 g/mol. The Balaban J connectivity index is 1.76. The summed E-state index contributed by atoms with van der Waals surface area (Å²) in [6.45, 7) is 0. The van der Waals surface area contributed by atoms with E-state index in [0.29, 0.717) is 12.2 Å². The molecule has 0 aliphatic heterocycles. The molecule has 2 fully saturated rings. The van der Waals surface area contributed by atoms with Crippen molar-refractivity contribution in [2.24, 2.45) is 0 Å². The van der Waals surface area contributed by atoms with E-state index in [1.165, 1.54) is 25.7 Å². The molecule has 3 rings (SSSR count). The Morgan fingerprint density at radius 1 is 0.786 bits per heavy atom. The van der Waals surface area contributed by atoms with Gasteiger partial charge in [-0.25, -0.2) is 0 Å². The number of ether oxygens (including phenoxy) is 2. The van der Waals surface area contributed by atoms with E-state index in [1.807, 2.05) is 24.3 Å². The summed E-state index contributed by atoms with van der Waals surface area (Å²) in [5, 5.41) is 0. The molecule has 0 N–H and O–H groups in total. The molecule has 1 aromatic rings. The van der Waals surface area contributed by atoms with Gasteiger partial charge in [0.1, 0.15) is 0 Å². The van der Waals surface area contributed by atoms with Crippen LogP contribution in [-0.4, -0.2) is 12.2 Å². The molecule has 14 heavy (non-hydrogen) atoms. The first-order valence-corrected chi connectivity index (χ1v) is 5.34. The van der Waals surface area contributed by atoms with Crippen LogP contribution < -0.4 is 9.47 Å². The van der Waals surface area contributed by atoms with E-state index in [0.717, 1.165) is 11.5 Å². The summed E-state index contributed by atoms with van der Waals surface area (Å²) >= 11 is 0. The van der Waals surface area contributed by atoms with Crippen molar-refractivity contribution >= 4 is 0 Å². The third-order valence-corrected chi connectivity index (χ3v) is 2.49. The average molecular weight is 190 g/mol. The highest BCUT2D eigenvalue weighted by Crippen LogP contribution is 2.36. The maximum atomic E-state index is 5.76. The number of hydrogen-bond acceptors (Lipinski definition) is 2. The van der Waals surface area contributed by atoms with Crippen molar-refractivity contribution in [1.29, 1.82) is 0 Å². The molecule has 0 unspecified atom stereocenters. The van der Waals surface area contributed by atoms with Crippen LogP contribution in [-0.2, 0) is 0 Å². The molecule has 0 aromatic heterocycles. The minimum Gasteiger partial charge on any atom is -0.487 e. The summed E-state index contributed by atoms with van der Waals surface area (Å²) in [5.41, 5.74) is 0. The predicted molar refractivity (Wildman–Crippen MR) is 53.7 cm³/mol. The lowest BCUT2D eigenvalue weighted by Gasteiger charge is -2.11. The van der Waals surface area contributed by atoms with Crippen molar-refractivity contribution in [3.63, 3.8) is 0 Å². The van der Waals surface area contributed by atoms with Crippen molar-refractivity contribution in [2.75, 3.05) is 0 Å². The van der Waals surface area contributed by atoms with E-state index in [2.05, 4.69) is 0 Å². The molecule has 2 nitrogen and oxygen atoms in total. The number of rotatable bonds is 4. The van der Waals surface area contributed by atoms with Crippen molar-refractivity contribution in [3.8, 4) is 11.5 Å². The normalized spacial score (nSPS) is 20.6. The maximum Gasteiger partial charge on any atom is 0.161 e. The van der Waals surface area contributed by atoms with E-state index in [1.54, 1.807) is 0 Å². The molecular weight excluding hydrogens is 176 g/mol. The van der Waals surface area contributed by atoms with Gasteiger partial charge in [0.15, 0.2) is 11.5 Å². The van der Waals surface area contributed by atoms with Crippen LogP contribution in [0, 0.1) is 0 Å². The maximum absolute atomic E-state index is 5.76. The van der Waals surface area contributed by atoms with Crippen LogP contribution in [0.4, 0.5) is 0 Å². The number of hydrogen-bond donors (Lipinski definition) is 0. The molecule has 0 bridgehead atoms. The summed E-state index contributed by atoms with van der Waals surface area (Å²) in [5.74, 6) is 1.84. The van der Waals surface area contributed by atoms with Crippen molar-refractivity contribution in [1.82, 2.24) is 0 Å². The zero-order valence-corrected chi connectivity index (χ0v) is 8.11. The Hall–Kier alpha value is -1.18. The molecule has 0 atom stereocenters. The fourth-order valence-electron chi connectivity index (χ4n) is 1.38. The zero-order valence-electron chi connectivity index (χ0n) is 8.11. The van der Waals surface area contributed by atoms with Gasteiger partial charge >= 0.3 is 0 Å². The van der Waals surface area contributed by atoms with E-state index in [4.69, 9.17) is 9.47 Å². The third-order valence-electron chi connectivity index (χ3n) is 2.49. The minimum atomic E-state index is 0.443. The van der Waals surface area contributed by atoms with E-state index >= 15 is 0 Å². The van der Waals surface area contributed by atoms with Gasteiger partial charge in [-0.15, -0.1) is 0 Å². The molecule has 0 spiro atoms. The first kappa shape index (κ1) is 8.16. The van der Waals surface area contributed by atoms with Gasteiger partial charge in [0, 0.05) is 0 Å². The molecule has 2 aliphatic rings. The summed E-state index contributed by atoms with van der Waals surface area (Å²) in [4.78, 5) is 0. The molecular formula is C12H14O2. The van der Waals surface area contributed by atoms with Gasteiger partial charge in [0.05, 0.1) is 12.2 Å². The largest absolute Gasteiger partial charge is 0.487 e. The topological polar surface area (TPSA) is 18.5 Å². The first-order chi connectivity index (χ1) is 6.92. The second-order valence-corrected chi connectivity index (χ2v) is 4.08. The van der Waals surface area contributed by atoms with Crippen molar-refractivity contribution in [3.05, 3.63) is 24.3 Å². The van der Waals surface area contributed by atoms with Crippen LogP contribution in [0.1, 0.15) is 25.7 Å². The van der Waals surface area contributed by atoms with Gasteiger partial charge in [-0.2, -0.15) is 0 Å². The Bertz CT molecular complexity index is 294. The molecule has 0 amide bonds. The Kier molecular flexibility index (Phi) is 1.86. The van der Waals surface area contributed by atoms with Crippen molar-refractivity contribution < 1.29 is 9.47 Å². The predicted octanol–water partition coefficient (Wildman–Crippen LogP) is 2.77. The average Bonchev–Trinajstić information content (AvgIpc) is 3.01. The lowest BCUT2D eigenvalue weighted by Crippen LogP contribution is -2.01. The summed E-state index contributed by atoms with van der Waals surface area (Å²) < 4.78 is 11.5. The van der Waals surface area contributed by atoms with Crippen LogP contribution in [0.5, 0.6) is 11.5 Å². The number of benzene rings is 1. The van der Waals surface area contributed by atoms with E-state index in [9.17, 15) is 0 Å². The van der Waals surface area contributed by atoms with E-state index in [-0.39, 0.29) is 0 Å². The molecule has 2 aliphatic carbocycles. The highest BCUT2D eigenvalue weighted by molar-refractivity contribution is 5.40. The second-order valence-electron chi connectivity index (χ2n) is 4.08. The van der Waals surface area contributed by atoms with Gasteiger partial charge < -0.3 is 9.47 Å². The summed E-state index contributed by atoms with van der Waals surface area (Å²) in [7, 11) is 0. The first-order valence-electron chi connectivity index (χ1n) is 5.34. The van der Waals surface area contributed by atoms with Gasteiger partial charge in [0.2, 0.25) is 0 Å². The molecule has 2 heteroatoms. The Morgan fingerprint density at radius 3 is 1.57 bits per heavy atom. The number of para-hydroxylation sites is 2. The van der Waals surface area contributed by atoms with Crippen LogP contribution in [0.3, 0.4) is 0 Å². The molecule has 0 heterocycles. The van der Waals surface area contributed by atoms with Crippen LogP contribution >= 0.6 is 0 Å². The Labute approximate surface area is 83.8 Å². The summed E-state index contributed by atoms with van der Waals surface area (Å²) in [6, 6.07) is 7.99. The third kappa shape index (κ3) is 1.84. The molecule has 1 aromatic carbocycles. The van der Waals surface area contributed by atoms with Crippen LogP contribution in [0.2, 0.25) is 0 Å². The van der Waals surface area contributed by atoms with E-state index < -0.39 is 0 Å². The fraction of sp³-hybridized carbons (Fsp3) is 0.500. The highest BCUT2D eigenvalue weighted by Gasteiger charge is 2.27. The van der Waals surface area contributed by atoms with Crippen molar-refractivity contribution in [2.45, 2.75) is 37.9 Å².